The van der Waals surface area contributed by atoms with Gasteiger partial charge < -0.3 is 9.13 Å². The zero-order chi connectivity index (χ0) is 12.4. The Labute approximate surface area is 107 Å². The van der Waals surface area contributed by atoms with Gasteiger partial charge in [-0.05, 0) is 30.9 Å². The van der Waals surface area contributed by atoms with Gasteiger partial charge in [0.15, 0.2) is 0 Å². The summed E-state index contributed by atoms with van der Waals surface area (Å²) in [6, 6.07) is 10.7. The van der Waals surface area contributed by atoms with Crippen LogP contribution in [0.25, 0.3) is 10.9 Å². The van der Waals surface area contributed by atoms with Crippen molar-refractivity contribution in [3.63, 3.8) is 0 Å². The zero-order valence-electron chi connectivity index (χ0n) is 10.6. The van der Waals surface area contributed by atoms with Gasteiger partial charge in [-0.1, -0.05) is 18.2 Å². The predicted molar refractivity (Wildman–Crippen MR) is 73.5 cm³/mol. The Kier molecular flexibility index (Phi) is 2.89. The molecule has 0 saturated heterocycles. The van der Waals surface area contributed by atoms with Gasteiger partial charge in [-0.2, -0.15) is 0 Å². The lowest BCUT2D eigenvalue weighted by molar-refractivity contribution is 0.564. The number of hydrogen-bond acceptors (Lipinski definition) is 1. The third kappa shape index (κ3) is 2.04. The van der Waals surface area contributed by atoms with Gasteiger partial charge in [-0.15, -0.1) is 0 Å². The average molecular weight is 239 g/mol. The van der Waals surface area contributed by atoms with Crippen LogP contribution in [0.5, 0.6) is 0 Å². The summed E-state index contributed by atoms with van der Waals surface area (Å²) in [7, 11) is 0. The van der Waals surface area contributed by atoms with E-state index in [0.29, 0.717) is 0 Å². The molecule has 0 radical (unpaired) electrons. The van der Waals surface area contributed by atoms with Crippen LogP contribution in [0.15, 0.2) is 48.9 Å². The Morgan fingerprint density at radius 1 is 1.00 bits per heavy atom. The molecule has 92 valence electrons. The number of aryl methyl sites for hydroxylation is 3. The summed E-state index contributed by atoms with van der Waals surface area (Å²) in [5, 5.41) is 1.32. The summed E-state index contributed by atoms with van der Waals surface area (Å²) in [6.45, 7) is 4.12. The summed E-state index contributed by atoms with van der Waals surface area (Å²) < 4.78 is 4.52. The van der Waals surface area contributed by atoms with Gasteiger partial charge in [0.1, 0.15) is 5.82 Å². The van der Waals surface area contributed by atoms with E-state index in [1.165, 1.54) is 10.9 Å². The first-order valence-electron chi connectivity index (χ1n) is 6.36. The molecule has 0 aliphatic carbocycles. The van der Waals surface area contributed by atoms with Gasteiger partial charge in [0, 0.05) is 37.2 Å². The molecule has 0 bridgehead atoms. The highest BCUT2D eigenvalue weighted by Gasteiger charge is 2.00. The molecule has 3 nitrogen and oxygen atoms in total. The van der Waals surface area contributed by atoms with E-state index in [9.17, 15) is 0 Å². The van der Waals surface area contributed by atoms with Gasteiger partial charge in [0.05, 0.1) is 0 Å². The zero-order valence-corrected chi connectivity index (χ0v) is 10.6. The summed E-state index contributed by atoms with van der Waals surface area (Å²) in [6.07, 6.45) is 7.20. The lowest BCUT2D eigenvalue weighted by atomic mass is 10.2. The average Bonchev–Trinajstić information content (AvgIpc) is 2.97. The van der Waals surface area contributed by atoms with Crippen LogP contribution < -0.4 is 0 Å². The lowest BCUT2D eigenvalue weighted by Gasteiger charge is -2.07. The number of rotatable bonds is 4. The van der Waals surface area contributed by atoms with Gasteiger partial charge >= 0.3 is 0 Å². The number of benzene rings is 1. The maximum absolute atomic E-state index is 4.24. The summed E-state index contributed by atoms with van der Waals surface area (Å²) in [5.74, 6) is 1.09. The third-order valence-corrected chi connectivity index (χ3v) is 3.40. The van der Waals surface area contributed by atoms with Crippen molar-refractivity contribution in [3.05, 3.63) is 54.7 Å². The van der Waals surface area contributed by atoms with E-state index in [0.717, 1.165) is 25.3 Å². The topological polar surface area (TPSA) is 22.8 Å². The van der Waals surface area contributed by atoms with Gasteiger partial charge in [-0.25, -0.2) is 4.98 Å². The smallest absolute Gasteiger partial charge is 0.105 e. The van der Waals surface area contributed by atoms with Crippen molar-refractivity contribution < 1.29 is 0 Å². The molecule has 3 heteroatoms. The van der Waals surface area contributed by atoms with Crippen molar-refractivity contribution in [2.24, 2.45) is 0 Å². The maximum Gasteiger partial charge on any atom is 0.105 e. The normalized spacial score (nSPS) is 11.2. The molecule has 0 unspecified atom stereocenters. The van der Waals surface area contributed by atoms with E-state index in [1.807, 2.05) is 19.3 Å². The van der Waals surface area contributed by atoms with E-state index in [-0.39, 0.29) is 0 Å². The minimum atomic E-state index is 1.03. The number of fused-ring (bicyclic) bond motifs is 1. The minimum Gasteiger partial charge on any atom is -0.347 e. The largest absolute Gasteiger partial charge is 0.347 e. The summed E-state index contributed by atoms with van der Waals surface area (Å²) >= 11 is 0. The second-order valence-electron chi connectivity index (χ2n) is 4.59. The fourth-order valence-electron chi connectivity index (χ4n) is 2.39. The summed E-state index contributed by atoms with van der Waals surface area (Å²) in [5.41, 5.74) is 1.32. The first kappa shape index (κ1) is 11.1. The molecule has 0 saturated carbocycles. The fraction of sp³-hybridized carbons (Fsp3) is 0.267. The summed E-state index contributed by atoms with van der Waals surface area (Å²) in [4.78, 5) is 4.24. The Balaban J connectivity index is 1.68. The highest BCUT2D eigenvalue weighted by molar-refractivity contribution is 5.79. The van der Waals surface area contributed by atoms with Crippen LogP contribution in [0.4, 0.5) is 0 Å². The second kappa shape index (κ2) is 4.69. The molecular weight excluding hydrogens is 222 g/mol. The van der Waals surface area contributed by atoms with Crippen LogP contribution in [0, 0.1) is 6.92 Å². The van der Waals surface area contributed by atoms with E-state index < -0.39 is 0 Å². The van der Waals surface area contributed by atoms with E-state index in [2.05, 4.69) is 50.6 Å². The highest BCUT2D eigenvalue weighted by Crippen LogP contribution is 2.15. The number of nitrogens with zero attached hydrogens (tertiary/aromatic N) is 3. The van der Waals surface area contributed by atoms with Crippen molar-refractivity contribution in [2.75, 3.05) is 0 Å². The van der Waals surface area contributed by atoms with Gasteiger partial charge in [0.25, 0.3) is 0 Å². The molecule has 2 aromatic heterocycles. The van der Waals surface area contributed by atoms with Crippen molar-refractivity contribution in [1.29, 1.82) is 0 Å². The Hall–Kier alpha value is -2.03. The van der Waals surface area contributed by atoms with Crippen molar-refractivity contribution in [1.82, 2.24) is 14.1 Å². The molecule has 0 atom stereocenters. The molecule has 0 aliphatic heterocycles. The molecule has 0 amide bonds. The second-order valence-corrected chi connectivity index (χ2v) is 4.59. The molecule has 3 aromatic rings. The standard InChI is InChI=1S/C15H17N3/c1-13-16-8-12-17(13)9-4-10-18-11-7-14-5-2-3-6-15(14)18/h2-3,5-8,11-12H,4,9-10H2,1H3. The van der Waals surface area contributed by atoms with Crippen LogP contribution in [-0.2, 0) is 13.1 Å². The SMILES string of the molecule is Cc1nccn1CCCn1ccc2ccccc21. The number of aromatic nitrogens is 3. The quantitative estimate of drug-likeness (QED) is 0.685. The number of hydrogen-bond donors (Lipinski definition) is 0. The molecule has 0 spiro atoms. The lowest BCUT2D eigenvalue weighted by Crippen LogP contribution is -2.04. The number of imidazole rings is 1. The minimum absolute atomic E-state index is 1.03. The molecule has 3 rings (SSSR count). The van der Waals surface area contributed by atoms with Crippen LogP contribution in [0.2, 0.25) is 0 Å². The molecular formula is C15H17N3. The van der Waals surface area contributed by atoms with Crippen molar-refractivity contribution >= 4 is 10.9 Å². The van der Waals surface area contributed by atoms with Crippen molar-refractivity contribution in [2.45, 2.75) is 26.4 Å². The van der Waals surface area contributed by atoms with Gasteiger partial charge in [-0.3, -0.25) is 0 Å². The van der Waals surface area contributed by atoms with Crippen LogP contribution >= 0.6 is 0 Å². The monoisotopic (exact) mass is 239 g/mol. The first-order valence-corrected chi connectivity index (χ1v) is 6.36. The van der Waals surface area contributed by atoms with E-state index in [4.69, 9.17) is 0 Å². The molecule has 0 fully saturated rings. The fourth-order valence-corrected chi connectivity index (χ4v) is 2.39. The molecule has 2 heterocycles. The molecule has 1 aromatic carbocycles. The Bertz CT molecular complexity index is 648. The number of para-hydroxylation sites is 1. The van der Waals surface area contributed by atoms with Crippen molar-refractivity contribution in [3.8, 4) is 0 Å². The molecule has 0 aliphatic rings. The van der Waals surface area contributed by atoms with Crippen LogP contribution in [0.1, 0.15) is 12.2 Å². The first-order chi connectivity index (χ1) is 8.84. The van der Waals surface area contributed by atoms with E-state index >= 15 is 0 Å². The van der Waals surface area contributed by atoms with Crippen LogP contribution in [-0.4, -0.2) is 14.1 Å². The highest BCUT2D eigenvalue weighted by atomic mass is 15.1. The Morgan fingerprint density at radius 3 is 2.67 bits per heavy atom. The predicted octanol–water partition coefficient (Wildman–Crippen LogP) is 3.24. The maximum atomic E-state index is 4.24. The van der Waals surface area contributed by atoms with Crippen LogP contribution in [0.3, 0.4) is 0 Å². The van der Waals surface area contributed by atoms with E-state index in [1.54, 1.807) is 0 Å². The third-order valence-electron chi connectivity index (χ3n) is 3.40. The molecule has 18 heavy (non-hydrogen) atoms. The molecule has 0 N–H and O–H groups in total. The van der Waals surface area contributed by atoms with Gasteiger partial charge in [0.2, 0.25) is 0 Å². The Morgan fingerprint density at radius 2 is 1.83 bits per heavy atom.